The van der Waals surface area contributed by atoms with Gasteiger partial charge in [0, 0.05) is 43.2 Å². The molecule has 3 atom stereocenters. The van der Waals surface area contributed by atoms with Crippen molar-refractivity contribution in [3.05, 3.63) is 88.2 Å². The van der Waals surface area contributed by atoms with Crippen molar-refractivity contribution in [2.45, 2.75) is 43.9 Å². The van der Waals surface area contributed by atoms with Crippen molar-refractivity contribution in [3.8, 4) is 11.1 Å². The van der Waals surface area contributed by atoms with Crippen LogP contribution in [0.25, 0.3) is 11.1 Å². The maximum Gasteiger partial charge on any atom is 0.262 e. The van der Waals surface area contributed by atoms with Crippen molar-refractivity contribution >= 4 is 40.9 Å². The Balaban J connectivity index is 1.09. The minimum Gasteiger partial charge on any atom is -0.360 e. The Morgan fingerprint density at radius 3 is 2.27 bits per heavy atom. The number of halogens is 2. The Labute approximate surface area is 240 Å². The number of anilines is 1. The highest BCUT2D eigenvalue weighted by Gasteiger charge is 2.48. The molecule has 0 aliphatic carbocycles. The van der Waals surface area contributed by atoms with Gasteiger partial charge in [-0.15, -0.1) is 0 Å². The van der Waals surface area contributed by atoms with Crippen molar-refractivity contribution in [1.82, 2.24) is 15.1 Å². The van der Waals surface area contributed by atoms with Gasteiger partial charge in [0.05, 0.1) is 16.8 Å². The van der Waals surface area contributed by atoms with Gasteiger partial charge in [-0.2, -0.15) is 0 Å². The zero-order valence-electron chi connectivity index (χ0n) is 22.0. The number of hydrogen-bond donors (Lipinski definition) is 1. The number of benzene rings is 3. The van der Waals surface area contributed by atoms with E-state index >= 15 is 4.39 Å². The smallest absolute Gasteiger partial charge is 0.262 e. The molecule has 41 heavy (non-hydrogen) atoms. The molecule has 2 bridgehead atoms. The van der Waals surface area contributed by atoms with Crippen molar-refractivity contribution in [3.63, 3.8) is 0 Å². The van der Waals surface area contributed by atoms with Gasteiger partial charge in [-0.05, 0) is 53.8 Å². The van der Waals surface area contributed by atoms with E-state index in [0.717, 1.165) is 48.1 Å². The first-order chi connectivity index (χ1) is 19.8. The van der Waals surface area contributed by atoms with Gasteiger partial charge in [-0.3, -0.25) is 34.3 Å². The first-order valence-corrected chi connectivity index (χ1v) is 14.1. The van der Waals surface area contributed by atoms with Gasteiger partial charge in [0.2, 0.25) is 11.8 Å². The molecule has 10 heteroatoms. The number of amides is 4. The highest BCUT2D eigenvalue weighted by molar-refractivity contribution is 6.30. The van der Waals surface area contributed by atoms with Gasteiger partial charge in [0.25, 0.3) is 11.8 Å². The fraction of sp³-hybridized carbons (Fsp3) is 0.290. The molecule has 5 aliphatic heterocycles. The van der Waals surface area contributed by atoms with E-state index in [9.17, 15) is 19.2 Å². The number of nitrogens with one attached hydrogen (secondary N) is 1. The number of piperidine rings is 2. The molecular formula is C31H26ClFN4O4. The Morgan fingerprint density at radius 1 is 0.878 bits per heavy atom. The number of nitrogens with zero attached hydrogens (tertiary/aromatic N) is 3. The van der Waals surface area contributed by atoms with Gasteiger partial charge in [-0.25, -0.2) is 4.39 Å². The van der Waals surface area contributed by atoms with E-state index in [1.807, 2.05) is 41.3 Å². The third kappa shape index (κ3) is 4.31. The van der Waals surface area contributed by atoms with E-state index in [-0.39, 0.29) is 36.1 Å². The molecule has 4 fully saturated rings. The molecule has 208 valence electrons. The van der Waals surface area contributed by atoms with Crippen LogP contribution < -0.4 is 10.2 Å². The maximum atomic E-state index is 15.5. The number of carbonyl (C=O) groups excluding carboxylic acids is 4. The average Bonchev–Trinajstić information content (AvgIpc) is 3.18. The van der Waals surface area contributed by atoms with E-state index in [2.05, 4.69) is 22.3 Å². The third-order valence-corrected chi connectivity index (χ3v) is 8.87. The first kappa shape index (κ1) is 25.9. The molecule has 4 amide bonds. The number of imide groups is 2. The first-order valence-electron chi connectivity index (χ1n) is 13.7. The standard InChI is InChI=1S/C31H26ClFN4O4/c32-19-7-5-17(6-8-19)22-4-2-1-3-18(22)14-35-15-20-11-21(16-35)36(20)27-13-24-23(12-25(27)33)30(40)37(31(24)41)26-9-10-28(38)34-29(26)39/h1-8,12-13,20-21,26H,9-11,14-16H2,(H,34,38,39). The fourth-order valence-corrected chi connectivity index (χ4v) is 6.83. The monoisotopic (exact) mass is 572 g/mol. The second-order valence-corrected chi connectivity index (χ2v) is 11.5. The molecule has 0 spiro atoms. The van der Waals surface area contributed by atoms with Crippen LogP contribution in [-0.4, -0.2) is 64.6 Å². The molecule has 3 aromatic rings. The number of carbonyl (C=O) groups is 4. The topological polar surface area (TPSA) is 90.0 Å². The van der Waals surface area contributed by atoms with Crippen LogP contribution in [0, 0.1) is 5.82 Å². The van der Waals surface area contributed by atoms with Gasteiger partial charge < -0.3 is 4.90 Å². The zero-order chi connectivity index (χ0) is 28.4. The molecule has 4 saturated heterocycles. The Morgan fingerprint density at radius 2 is 1.56 bits per heavy atom. The summed E-state index contributed by atoms with van der Waals surface area (Å²) in [7, 11) is 0. The average molecular weight is 573 g/mol. The van der Waals surface area contributed by atoms with Crippen LogP contribution in [0.15, 0.2) is 60.7 Å². The molecular weight excluding hydrogens is 547 g/mol. The highest BCUT2D eigenvalue weighted by Crippen LogP contribution is 2.41. The second-order valence-electron chi connectivity index (χ2n) is 11.1. The van der Waals surface area contributed by atoms with E-state index in [4.69, 9.17) is 11.6 Å². The molecule has 1 N–H and O–H groups in total. The van der Waals surface area contributed by atoms with Crippen molar-refractivity contribution < 1.29 is 23.6 Å². The van der Waals surface area contributed by atoms with Crippen molar-refractivity contribution in [1.29, 1.82) is 0 Å². The van der Waals surface area contributed by atoms with Gasteiger partial charge in [-0.1, -0.05) is 48.0 Å². The Kier molecular flexibility index (Phi) is 6.17. The van der Waals surface area contributed by atoms with Crippen LogP contribution in [-0.2, 0) is 16.1 Å². The van der Waals surface area contributed by atoms with Gasteiger partial charge in [0.15, 0.2) is 0 Å². The van der Waals surface area contributed by atoms with Crippen molar-refractivity contribution in [2.75, 3.05) is 18.0 Å². The summed E-state index contributed by atoms with van der Waals surface area (Å²) in [5.41, 5.74) is 3.79. The lowest BCUT2D eigenvalue weighted by atomic mass is 9.85. The van der Waals surface area contributed by atoms with Gasteiger partial charge >= 0.3 is 0 Å². The van der Waals surface area contributed by atoms with E-state index in [1.165, 1.54) is 11.6 Å². The van der Waals surface area contributed by atoms with Crippen LogP contribution in [0.1, 0.15) is 45.5 Å². The van der Waals surface area contributed by atoms with E-state index < -0.39 is 35.5 Å². The lowest BCUT2D eigenvalue weighted by Crippen LogP contribution is -2.69. The van der Waals surface area contributed by atoms with Gasteiger partial charge in [0.1, 0.15) is 11.9 Å². The summed E-state index contributed by atoms with van der Waals surface area (Å²) in [6, 6.07) is 17.7. The van der Waals surface area contributed by atoms with E-state index in [0.29, 0.717) is 10.7 Å². The predicted molar refractivity (Wildman–Crippen MR) is 150 cm³/mol. The molecule has 3 unspecified atom stereocenters. The maximum absolute atomic E-state index is 15.5. The lowest BCUT2D eigenvalue weighted by molar-refractivity contribution is -0.136. The summed E-state index contributed by atoms with van der Waals surface area (Å²) in [6.07, 6.45) is 1.00. The van der Waals surface area contributed by atoms with E-state index in [1.54, 1.807) is 0 Å². The number of fused-ring (bicyclic) bond motifs is 3. The fourth-order valence-electron chi connectivity index (χ4n) is 6.71. The summed E-state index contributed by atoms with van der Waals surface area (Å²) < 4.78 is 15.5. The van der Waals surface area contributed by atoms with Crippen LogP contribution >= 0.6 is 11.6 Å². The largest absolute Gasteiger partial charge is 0.360 e. The molecule has 8 nitrogen and oxygen atoms in total. The summed E-state index contributed by atoms with van der Waals surface area (Å²) in [5, 5.41) is 2.87. The minimum atomic E-state index is -1.08. The number of piperazine rings is 1. The van der Waals surface area contributed by atoms with Crippen LogP contribution in [0.4, 0.5) is 10.1 Å². The summed E-state index contributed by atoms with van der Waals surface area (Å²) in [6.45, 7) is 2.22. The molecule has 5 aliphatic rings. The lowest BCUT2D eigenvalue weighted by Gasteiger charge is -2.57. The second kappa shape index (κ2) is 9.78. The minimum absolute atomic E-state index is 0.0290. The number of hydrogen-bond acceptors (Lipinski definition) is 6. The number of rotatable bonds is 5. The highest BCUT2D eigenvalue weighted by atomic mass is 35.5. The van der Waals surface area contributed by atoms with Crippen molar-refractivity contribution in [2.24, 2.45) is 0 Å². The normalized spacial score (nSPS) is 23.9. The third-order valence-electron chi connectivity index (χ3n) is 8.62. The predicted octanol–water partition coefficient (Wildman–Crippen LogP) is 4.01. The summed E-state index contributed by atoms with van der Waals surface area (Å²) in [4.78, 5) is 55.5. The quantitative estimate of drug-likeness (QED) is 0.465. The van der Waals surface area contributed by atoms with Crippen LogP contribution in [0.3, 0.4) is 0 Å². The SMILES string of the molecule is O=C1CCC(N2C(=O)c3cc(F)c(N4C5CC4CN(Cc4ccccc4-c4ccc(Cl)cc4)C5)cc3C2=O)C(=O)N1. The summed E-state index contributed by atoms with van der Waals surface area (Å²) >= 11 is 6.09. The zero-order valence-corrected chi connectivity index (χ0v) is 22.7. The molecule has 8 rings (SSSR count). The molecule has 3 aromatic carbocycles. The molecule has 0 aromatic heterocycles. The van der Waals surface area contributed by atoms with Crippen LogP contribution in [0.5, 0.6) is 0 Å². The Bertz CT molecular complexity index is 1610. The molecule has 5 heterocycles. The van der Waals surface area contributed by atoms with Crippen LogP contribution in [0.2, 0.25) is 5.02 Å². The Hall–Kier alpha value is -4.08. The summed E-state index contributed by atoms with van der Waals surface area (Å²) in [5.74, 6) is -3.04. The molecule has 0 radical (unpaired) electrons. The molecule has 0 saturated carbocycles.